The highest BCUT2D eigenvalue weighted by atomic mass is 35.5. The van der Waals surface area contributed by atoms with Gasteiger partial charge in [0.1, 0.15) is 0 Å². The fourth-order valence-corrected chi connectivity index (χ4v) is 3.13. The Labute approximate surface area is 119 Å². The number of hydrogen-bond acceptors (Lipinski definition) is 4. The van der Waals surface area contributed by atoms with Crippen LogP contribution in [0.4, 0.5) is 4.39 Å². The molecule has 104 valence electrons. The molecule has 1 aliphatic carbocycles. The highest BCUT2D eigenvalue weighted by molar-refractivity contribution is 6.34. The number of rotatable bonds is 2. The van der Waals surface area contributed by atoms with E-state index in [0.29, 0.717) is 29.8 Å². The van der Waals surface area contributed by atoms with Crippen LogP contribution in [0, 0.1) is 0 Å². The topological polar surface area (TPSA) is 55.7 Å². The van der Waals surface area contributed by atoms with Gasteiger partial charge in [-0.15, -0.1) is 0 Å². The molecule has 0 amide bonds. The number of nitrogens with zero attached hydrogens (tertiary/aromatic N) is 1. The highest BCUT2D eigenvalue weighted by Gasteiger charge is 2.52. The number of ketones is 1. The molecule has 0 unspecified atom stereocenters. The molecule has 0 radical (unpaired) electrons. The number of carbonyl (C=O) groups excluding carboxylic acids is 2. The molecule has 2 aliphatic rings. The Kier molecular flexibility index (Phi) is 3.09. The molecule has 1 aliphatic heterocycles. The number of carbonyl (C=O) groups is 2. The molecule has 6 heteroatoms. The molecule has 1 aromatic rings. The number of fused-ring (bicyclic) bond motifs is 2. The second-order valence-corrected chi connectivity index (χ2v) is 5.30. The van der Waals surface area contributed by atoms with E-state index in [-0.39, 0.29) is 5.78 Å². The normalized spacial score (nSPS) is 28.6. The standard InChI is InChI=1S/C14H11ClFNO3/c15-9-5-2-1-4-8(9)14-7-3-6-10(11(14)18)20-13(17-14)12(16)19/h1-2,4-5,10H,3,6-7H2/t10-,14-/m1/s1. The monoisotopic (exact) mass is 295 g/mol. The summed E-state index contributed by atoms with van der Waals surface area (Å²) >= 11 is 6.15. The minimum absolute atomic E-state index is 0.262. The summed E-state index contributed by atoms with van der Waals surface area (Å²) < 4.78 is 18.0. The van der Waals surface area contributed by atoms with Crippen molar-refractivity contribution in [3.05, 3.63) is 34.9 Å². The minimum atomic E-state index is -1.76. The highest BCUT2D eigenvalue weighted by Crippen LogP contribution is 2.44. The second-order valence-electron chi connectivity index (χ2n) is 4.89. The molecule has 0 spiro atoms. The lowest BCUT2D eigenvalue weighted by molar-refractivity contribution is -0.139. The van der Waals surface area contributed by atoms with Crippen LogP contribution in [0.5, 0.6) is 0 Å². The first-order valence-electron chi connectivity index (χ1n) is 6.30. The zero-order valence-electron chi connectivity index (χ0n) is 10.4. The minimum Gasteiger partial charge on any atom is -0.462 e. The van der Waals surface area contributed by atoms with E-state index in [1.54, 1.807) is 24.3 Å². The molecule has 4 nitrogen and oxygen atoms in total. The second kappa shape index (κ2) is 4.66. The predicted octanol–water partition coefficient (Wildman–Crippen LogP) is 2.58. The lowest BCUT2D eigenvalue weighted by Crippen LogP contribution is -2.52. The van der Waals surface area contributed by atoms with Crippen LogP contribution in [0.1, 0.15) is 24.8 Å². The van der Waals surface area contributed by atoms with Gasteiger partial charge in [-0.2, -0.15) is 4.39 Å². The first kappa shape index (κ1) is 13.2. The van der Waals surface area contributed by atoms with Gasteiger partial charge in [0.05, 0.1) is 0 Å². The molecule has 0 aromatic heterocycles. The summed E-state index contributed by atoms with van der Waals surface area (Å²) in [5.74, 6) is -0.893. The van der Waals surface area contributed by atoms with Gasteiger partial charge >= 0.3 is 6.04 Å². The zero-order chi connectivity index (χ0) is 14.3. The lowest BCUT2D eigenvalue weighted by Gasteiger charge is -2.40. The fourth-order valence-electron chi connectivity index (χ4n) is 2.84. The third-order valence-corrected chi connectivity index (χ3v) is 4.07. The van der Waals surface area contributed by atoms with Gasteiger partial charge in [-0.3, -0.25) is 4.79 Å². The Hall–Kier alpha value is -1.75. The van der Waals surface area contributed by atoms with Crippen molar-refractivity contribution in [3.8, 4) is 0 Å². The smallest absolute Gasteiger partial charge is 0.386 e. The molecule has 1 saturated carbocycles. The average molecular weight is 296 g/mol. The van der Waals surface area contributed by atoms with Gasteiger partial charge < -0.3 is 4.74 Å². The van der Waals surface area contributed by atoms with Crippen molar-refractivity contribution in [1.82, 2.24) is 0 Å². The van der Waals surface area contributed by atoms with Crippen LogP contribution in [-0.4, -0.2) is 23.8 Å². The first-order valence-corrected chi connectivity index (χ1v) is 6.68. The van der Waals surface area contributed by atoms with E-state index in [2.05, 4.69) is 4.99 Å². The van der Waals surface area contributed by atoms with Crippen LogP contribution in [0.15, 0.2) is 29.3 Å². The Balaban J connectivity index is 2.21. The van der Waals surface area contributed by atoms with E-state index >= 15 is 0 Å². The summed E-state index contributed by atoms with van der Waals surface area (Å²) in [7, 11) is 0. The molecule has 0 N–H and O–H groups in total. The van der Waals surface area contributed by atoms with Crippen LogP contribution in [0.2, 0.25) is 5.02 Å². The third-order valence-electron chi connectivity index (χ3n) is 3.74. The molecule has 2 atom stereocenters. The van der Waals surface area contributed by atoms with Gasteiger partial charge in [-0.05, 0) is 25.3 Å². The molecule has 20 heavy (non-hydrogen) atoms. The number of hydrogen-bond donors (Lipinski definition) is 0. The lowest BCUT2D eigenvalue weighted by atomic mass is 9.74. The van der Waals surface area contributed by atoms with Crippen LogP contribution < -0.4 is 0 Å². The Morgan fingerprint density at radius 1 is 1.45 bits per heavy atom. The van der Waals surface area contributed by atoms with Gasteiger partial charge in [0.25, 0.3) is 5.90 Å². The van der Waals surface area contributed by atoms with Crippen LogP contribution in [0.25, 0.3) is 0 Å². The maximum absolute atomic E-state index is 13.0. The summed E-state index contributed by atoms with van der Waals surface area (Å²) in [5, 5.41) is 0.373. The summed E-state index contributed by atoms with van der Waals surface area (Å²) in [6.07, 6.45) is 0.717. The van der Waals surface area contributed by atoms with E-state index < -0.39 is 23.6 Å². The van der Waals surface area contributed by atoms with E-state index in [0.717, 1.165) is 0 Å². The van der Waals surface area contributed by atoms with Crippen LogP contribution >= 0.6 is 11.6 Å². The largest absolute Gasteiger partial charge is 0.462 e. The summed E-state index contributed by atoms with van der Waals surface area (Å²) in [4.78, 5) is 27.4. The summed E-state index contributed by atoms with van der Waals surface area (Å²) in [5.41, 5.74) is -0.797. The molecule has 1 fully saturated rings. The van der Waals surface area contributed by atoms with Gasteiger partial charge in [0.2, 0.25) is 5.78 Å². The number of aliphatic imine (C=N–C) groups is 1. The Morgan fingerprint density at radius 3 is 2.90 bits per heavy atom. The molecule has 1 heterocycles. The summed E-state index contributed by atoms with van der Waals surface area (Å²) in [6, 6.07) is 5.02. The Bertz CT molecular complexity index is 631. The first-order chi connectivity index (χ1) is 9.54. The SMILES string of the molecule is O=C(F)C1=N[C@@]2(c3ccccc3Cl)CCC[C@@H](O1)C2=O. The van der Waals surface area contributed by atoms with E-state index in [9.17, 15) is 14.0 Å². The van der Waals surface area contributed by atoms with Crippen molar-refractivity contribution in [2.24, 2.45) is 4.99 Å². The van der Waals surface area contributed by atoms with Gasteiger partial charge in [-0.25, -0.2) is 9.79 Å². The predicted molar refractivity (Wildman–Crippen MR) is 70.4 cm³/mol. The van der Waals surface area contributed by atoms with Crippen molar-refractivity contribution in [1.29, 1.82) is 0 Å². The Morgan fingerprint density at radius 2 is 2.20 bits per heavy atom. The van der Waals surface area contributed by atoms with Crippen LogP contribution in [-0.2, 0) is 19.9 Å². The van der Waals surface area contributed by atoms with Crippen molar-refractivity contribution < 1.29 is 18.7 Å². The average Bonchev–Trinajstić information content (AvgIpc) is 2.39. The quantitative estimate of drug-likeness (QED) is 0.788. The van der Waals surface area contributed by atoms with Gasteiger partial charge in [0.15, 0.2) is 11.6 Å². The van der Waals surface area contributed by atoms with Crippen molar-refractivity contribution in [2.75, 3.05) is 0 Å². The molecule has 2 bridgehead atoms. The number of benzene rings is 1. The maximum atomic E-state index is 13.0. The fraction of sp³-hybridized carbons (Fsp3) is 0.357. The van der Waals surface area contributed by atoms with Gasteiger partial charge in [0, 0.05) is 10.6 Å². The number of ether oxygens (including phenoxy) is 1. The number of halogens is 2. The molecular formula is C14H11ClFNO3. The molecule has 0 saturated heterocycles. The van der Waals surface area contributed by atoms with Crippen LogP contribution in [0.3, 0.4) is 0 Å². The zero-order valence-corrected chi connectivity index (χ0v) is 11.2. The molecule has 1 aromatic carbocycles. The maximum Gasteiger partial charge on any atom is 0.386 e. The summed E-state index contributed by atoms with van der Waals surface area (Å²) in [6.45, 7) is 0. The van der Waals surface area contributed by atoms with E-state index in [4.69, 9.17) is 16.3 Å². The number of Topliss-reactive ketones (excluding diaryl/α,β-unsaturated/α-hetero) is 1. The van der Waals surface area contributed by atoms with Crippen molar-refractivity contribution in [2.45, 2.75) is 30.9 Å². The van der Waals surface area contributed by atoms with Crippen molar-refractivity contribution >= 4 is 29.3 Å². The van der Waals surface area contributed by atoms with Crippen molar-refractivity contribution in [3.63, 3.8) is 0 Å². The molecular weight excluding hydrogens is 285 g/mol. The third kappa shape index (κ3) is 1.85. The molecule has 3 rings (SSSR count). The van der Waals surface area contributed by atoms with E-state index in [1.807, 2.05) is 0 Å². The van der Waals surface area contributed by atoms with E-state index in [1.165, 1.54) is 0 Å². The van der Waals surface area contributed by atoms with Gasteiger partial charge in [-0.1, -0.05) is 29.8 Å².